The highest BCUT2D eigenvalue weighted by atomic mass is 16.5. The van der Waals surface area contributed by atoms with E-state index in [1.54, 1.807) is 0 Å². The Kier molecular flexibility index (Phi) is 4.04. The van der Waals surface area contributed by atoms with Gasteiger partial charge < -0.3 is 9.84 Å². The van der Waals surface area contributed by atoms with E-state index < -0.39 is 0 Å². The molecule has 2 nitrogen and oxygen atoms in total. The molecule has 2 aliphatic rings. The highest BCUT2D eigenvalue weighted by Gasteiger charge is 2.37. The second-order valence-electron chi connectivity index (χ2n) is 5.26. The Balaban J connectivity index is 1.87. The molecule has 0 aromatic carbocycles. The van der Waals surface area contributed by atoms with Crippen LogP contribution in [-0.2, 0) is 4.74 Å². The summed E-state index contributed by atoms with van der Waals surface area (Å²) >= 11 is 0. The maximum atomic E-state index is 10.1. The van der Waals surface area contributed by atoms with Crippen LogP contribution >= 0.6 is 0 Å². The second kappa shape index (κ2) is 5.31. The van der Waals surface area contributed by atoms with Crippen molar-refractivity contribution >= 4 is 0 Å². The van der Waals surface area contributed by atoms with Crippen molar-refractivity contribution in [3.8, 4) is 0 Å². The molecule has 2 rings (SSSR count). The first-order valence-electron chi connectivity index (χ1n) is 6.57. The Morgan fingerprint density at radius 2 is 1.80 bits per heavy atom. The van der Waals surface area contributed by atoms with E-state index in [0.29, 0.717) is 5.92 Å². The van der Waals surface area contributed by atoms with Crippen molar-refractivity contribution in [1.82, 2.24) is 0 Å². The third kappa shape index (κ3) is 2.73. The Hall–Kier alpha value is -0.0800. The summed E-state index contributed by atoms with van der Waals surface area (Å²) in [5.41, 5.74) is 0. The van der Waals surface area contributed by atoms with Gasteiger partial charge in [0.1, 0.15) is 0 Å². The zero-order valence-electron chi connectivity index (χ0n) is 9.82. The van der Waals surface area contributed by atoms with Gasteiger partial charge in [-0.05, 0) is 31.6 Å². The summed E-state index contributed by atoms with van der Waals surface area (Å²) in [6.45, 7) is 3.57. The molecule has 88 valence electrons. The number of ether oxygens (including phenoxy) is 1. The van der Waals surface area contributed by atoms with E-state index in [0.717, 1.165) is 31.5 Å². The normalized spacial score (nSPS) is 41.2. The molecular weight excluding hydrogens is 188 g/mol. The second-order valence-corrected chi connectivity index (χ2v) is 5.26. The van der Waals surface area contributed by atoms with E-state index in [-0.39, 0.29) is 6.10 Å². The van der Waals surface area contributed by atoms with Crippen LogP contribution < -0.4 is 0 Å². The van der Waals surface area contributed by atoms with Crippen molar-refractivity contribution in [2.75, 3.05) is 13.2 Å². The highest BCUT2D eigenvalue weighted by molar-refractivity contribution is 4.87. The predicted octanol–water partition coefficient (Wildman–Crippen LogP) is 2.60. The Morgan fingerprint density at radius 3 is 2.47 bits per heavy atom. The SMILES string of the molecule is CCOCC1CC2CCCCC2CC1O. The molecule has 2 fully saturated rings. The van der Waals surface area contributed by atoms with Gasteiger partial charge in [0.15, 0.2) is 0 Å². The number of fused-ring (bicyclic) bond motifs is 1. The van der Waals surface area contributed by atoms with Crippen LogP contribution in [0.15, 0.2) is 0 Å². The average molecular weight is 212 g/mol. The van der Waals surface area contributed by atoms with Crippen molar-refractivity contribution in [3.63, 3.8) is 0 Å². The molecule has 0 aromatic rings. The van der Waals surface area contributed by atoms with Crippen LogP contribution in [0.5, 0.6) is 0 Å². The lowest BCUT2D eigenvalue weighted by molar-refractivity contribution is -0.0372. The zero-order chi connectivity index (χ0) is 10.7. The van der Waals surface area contributed by atoms with Crippen LogP contribution in [0.2, 0.25) is 0 Å². The summed E-state index contributed by atoms with van der Waals surface area (Å²) in [5, 5.41) is 10.1. The van der Waals surface area contributed by atoms with Crippen LogP contribution in [0.1, 0.15) is 45.4 Å². The van der Waals surface area contributed by atoms with E-state index in [1.165, 1.54) is 32.1 Å². The van der Waals surface area contributed by atoms with Crippen molar-refractivity contribution in [2.24, 2.45) is 17.8 Å². The van der Waals surface area contributed by atoms with Crippen LogP contribution in [-0.4, -0.2) is 24.4 Å². The Labute approximate surface area is 93.0 Å². The minimum Gasteiger partial charge on any atom is -0.393 e. The van der Waals surface area contributed by atoms with Gasteiger partial charge in [0.05, 0.1) is 12.7 Å². The zero-order valence-corrected chi connectivity index (χ0v) is 9.82. The Bertz CT molecular complexity index is 193. The fourth-order valence-corrected chi connectivity index (χ4v) is 3.40. The number of rotatable bonds is 3. The van der Waals surface area contributed by atoms with Crippen LogP contribution in [0.4, 0.5) is 0 Å². The van der Waals surface area contributed by atoms with Gasteiger partial charge >= 0.3 is 0 Å². The molecule has 0 heterocycles. The molecule has 0 saturated heterocycles. The van der Waals surface area contributed by atoms with Gasteiger partial charge in [0.2, 0.25) is 0 Å². The maximum Gasteiger partial charge on any atom is 0.0593 e. The standard InChI is InChI=1S/C13H24O2/c1-2-15-9-12-7-10-5-3-4-6-11(10)8-13(12)14/h10-14H,2-9H2,1H3. The van der Waals surface area contributed by atoms with Gasteiger partial charge in [-0.2, -0.15) is 0 Å². The summed E-state index contributed by atoms with van der Waals surface area (Å²) in [5.74, 6) is 2.10. The molecule has 2 saturated carbocycles. The van der Waals surface area contributed by atoms with Crippen LogP contribution in [0.25, 0.3) is 0 Å². The van der Waals surface area contributed by atoms with Gasteiger partial charge in [-0.1, -0.05) is 25.7 Å². The van der Waals surface area contributed by atoms with E-state index >= 15 is 0 Å². The van der Waals surface area contributed by atoms with E-state index in [2.05, 4.69) is 0 Å². The summed E-state index contributed by atoms with van der Waals surface area (Å²) in [6.07, 6.45) is 7.65. The van der Waals surface area contributed by atoms with Crippen molar-refractivity contribution < 1.29 is 9.84 Å². The number of hydrogen-bond acceptors (Lipinski definition) is 2. The molecular formula is C13H24O2. The number of aliphatic hydroxyl groups excluding tert-OH is 1. The van der Waals surface area contributed by atoms with E-state index in [1.807, 2.05) is 6.92 Å². The maximum absolute atomic E-state index is 10.1. The molecule has 15 heavy (non-hydrogen) atoms. The van der Waals surface area contributed by atoms with Gasteiger partial charge in [-0.25, -0.2) is 0 Å². The van der Waals surface area contributed by atoms with Gasteiger partial charge in [-0.15, -0.1) is 0 Å². The number of aliphatic hydroxyl groups is 1. The lowest BCUT2D eigenvalue weighted by Gasteiger charge is -2.41. The first-order valence-corrected chi connectivity index (χ1v) is 6.57. The lowest BCUT2D eigenvalue weighted by Crippen LogP contribution is -2.39. The van der Waals surface area contributed by atoms with Gasteiger partial charge in [0, 0.05) is 12.5 Å². The van der Waals surface area contributed by atoms with Crippen molar-refractivity contribution in [2.45, 2.75) is 51.6 Å². The third-order valence-corrected chi connectivity index (χ3v) is 4.30. The average Bonchev–Trinajstić information content (AvgIpc) is 2.26. The summed E-state index contributed by atoms with van der Waals surface area (Å²) in [7, 11) is 0. The first kappa shape index (κ1) is 11.4. The molecule has 0 spiro atoms. The minimum absolute atomic E-state index is 0.101. The van der Waals surface area contributed by atoms with Gasteiger partial charge in [-0.3, -0.25) is 0 Å². The molecule has 0 amide bonds. The largest absolute Gasteiger partial charge is 0.393 e. The van der Waals surface area contributed by atoms with Crippen molar-refractivity contribution in [1.29, 1.82) is 0 Å². The molecule has 0 bridgehead atoms. The summed E-state index contributed by atoms with van der Waals surface area (Å²) in [6, 6.07) is 0. The number of hydrogen-bond donors (Lipinski definition) is 1. The van der Waals surface area contributed by atoms with Crippen LogP contribution in [0.3, 0.4) is 0 Å². The molecule has 0 aromatic heterocycles. The lowest BCUT2D eigenvalue weighted by atomic mass is 9.66. The molecule has 2 heteroatoms. The molecule has 4 unspecified atom stereocenters. The monoisotopic (exact) mass is 212 g/mol. The molecule has 1 N–H and O–H groups in total. The highest BCUT2D eigenvalue weighted by Crippen LogP contribution is 2.42. The van der Waals surface area contributed by atoms with Crippen molar-refractivity contribution in [3.05, 3.63) is 0 Å². The molecule has 2 aliphatic carbocycles. The molecule has 4 atom stereocenters. The summed E-state index contributed by atoms with van der Waals surface area (Å²) < 4.78 is 5.46. The topological polar surface area (TPSA) is 29.5 Å². The summed E-state index contributed by atoms with van der Waals surface area (Å²) in [4.78, 5) is 0. The first-order chi connectivity index (χ1) is 7.31. The minimum atomic E-state index is -0.101. The molecule has 0 radical (unpaired) electrons. The van der Waals surface area contributed by atoms with E-state index in [9.17, 15) is 5.11 Å². The fraction of sp³-hybridized carbons (Fsp3) is 1.00. The van der Waals surface area contributed by atoms with Gasteiger partial charge in [0.25, 0.3) is 0 Å². The van der Waals surface area contributed by atoms with Crippen LogP contribution in [0, 0.1) is 17.8 Å². The smallest absolute Gasteiger partial charge is 0.0593 e. The Morgan fingerprint density at radius 1 is 1.13 bits per heavy atom. The van der Waals surface area contributed by atoms with E-state index in [4.69, 9.17) is 4.74 Å². The quantitative estimate of drug-likeness (QED) is 0.779. The third-order valence-electron chi connectivity index (χ3n) is 4.30. The molecule has 0 aliphatic heterocycles. The predicted molar refractivity (Wildman–Crippen MR) is 60.7 cm³/mol. The fourth-order valence-electron chi connectivity index (χ4n) is 3.40.